The van der Waals surface area contributed by atoms with Gasteiger partial charge in [-0.15, -0.1) is 0 Å². The third kappa shape index (κ3) is 3.33. The van der Waals surface area contributed by atoms with Crippen molar-refractivity contribution < 1.29 is 14.3 Å². The lowest BCUT2D eigenvalue weighted by Crippen LogP contribution is -2.36. The van der Waals surface area contributed by atoms with E-state index in [4.69, 9.17) is 4.74 Å². The molecule has 1 heterocycles. The molecule has 104 valence electrons. The molecule has 1 aromatic rings. The lowest BCUT2D eigenvalue weighted by Gasteiger charge is -2.26. The van der Waals surface area contributed by atoms with Crippen LogP contribution in [-0.2, 0) is 16.0 Å². The van der Waals surface area contributed by atoms with Gasteiger partial charge in [-0.3, -0.25) is 4.90 Å². The number of benzene rings is 1. The second-order valence-electron chi connectivity index (χ2n) is 5.04. The van der Waals surface area contributed by atoms with Crippen LogP contribution < -0.4 is 0 Å². The van der Waals surface area contributed by atoms with Crippen LogP contribution in [0.3, 0.4) is 0 Å². The van der Waals surface area contributed by atoms with E-state index in [1.807, 2.05) is 24.3 Å². The highest BCUT2D eigenvalue weighted by Gasteiger charge is 2.27. The minimum Gasteiger partial charge on any atom is -0.465 e. The SMILES string of the molecule is COC(=O)c1ccc(CN(C)C2CCOC2C)cc1. The lowest BCUT2D eigenvalue weighted by atomic mass is 10.1. The van der Waals surface area contributed by atoms with Crippen LogP contribution in [0.5, 0.6) is 0 Å². The summed E-state index contributed by atoms with van der Waals surface area (Å²) in [6.07, 6.45) is 1.37. The maximum atomic E-state index is 11.3. The summed E-state index contributed by atoms with van der Waals surface area (Å²) < 4.78 is 10.3. The molecule has 0 saturated carbocycles. The van der Waals surface area contributed by atoms with E-state index in [0.717, 1.165) is 19.6 Å². The van der Waals surface area contributed by atoms with Crippen LogP contribution in [0.4, 0.5) is 0 Å². The zero-order valence-corrected chi connectivity index (χ0v) is 11.8. The van der Waals surface area contributed by atoms with Crippen LogP contribution >= 0.6 is 0 Å². The molecule has 2 rings (SSSR count). The van der Waals surface area contributed by atoms with E-state index in [-0.39, 0.29) is 5.97 Å². The smallest absolute Gasteiger partial charge is 0.337 e. The van der Waals surface area contributed by atoms with E-state index in [2.05, 4.69) is 23.6 Å². The van der Waals surface area contributed by atoms with Crippen LogP contribution in [0.15, 0.2) is 24.3 Å². The number of likely N-dealkylation sites (N-methyl/N-ethyl adjacent to an activating group) is 1. The molecule has 4 nitrogen and oxygen atoms in total. The first-order chi connectivity index (χ1) is 9.11. The molecule has 0 amide bonds. The predicted octanol–water partition coefficient (Wildman–Crippen LogP) is 2.08. The standard InChI is InChI=1S/C15H21NO3/c1-11-14(8-9-19-11)16(2)10-12-4-6-13(7-5-12)15(17)18-3/h4-7,11,14H,8-10H2,1-3H3. The fourth-order valence-corrected chi connectivity index (χ4v) is 2.57. The molecule has 0 N–H and O–H groups in total. The van der Waals surface area contributed by atoms with Crippen molar-refractivity contribution in [1.82, 2.24) is 4.90 Å². The second kappa shape index (κ2) is 6.17. The molecule has 0 spiro atoms. The summed E-state index contributed by atoms with van der Waals surface area (Å²) in [4.78, 5) is 13.7. The molecule has 0 aliphatic carbocycles. The van der Waals surface area contributed by atoms with E-state index in [1.54, 1.807) is 0 Å². The fraction of sp³-hybridized carbons (Fsp3) is 0.533. The number of esters is 1. The molecule has 0 aromatic heterocycles. The Bertz CT molecular complexity index is 430. The highest BCUT2D eigenvalue weighted by molar-refractivity contribution is 5.89. The van der Waals surface area contributed by atoms with Crippen molar-refractivity contribution in [1.29, 1.82) is 0 Å². The fourth-order valence-electron chi connectivity index (χ4n) is 2.57. The molecular formula is C15H21NO3. The second-order valence-corrected chi connectivity index (χ2v) is 5.04. The number of methoxy groups -OCH3 is 1. The maximum absolute atomic E-state index is 11.3. The van der Waals surface area contributed by atoms with Crippen LogP contribution in [0.2, 0.25) is 0 Å². The Morgan fingerprint density at radius 3 is 2.63 bits per heavy atom. The van der Waals surface area contributed by atoms with Gasteiger partial charge in [-0.05, 0) is 38.1 Å². The first kappa shape index (κ1) is 14.0. The predicted molar refractivity (Wildman–Crippen MR) is 73.1 cm³/mol. The molecule has 1 fully saturated rings. The highest BCUT2D eigenvalue weighted by Crippen LogP contribution is 2.20. The molecule has 19 heavy (non-hydrogen) atoms. The average Bonchev–Trinajstić information content (AvgIpc) is 2.85. The summed E-state index contributed by atoms with van der Waals surface area (Å²) in [6, 6.07) is 8.04. The summed E-state index contributed by atoms with van der Waals surface area (Å²) in [5.41, 5.74) is 1.78. The lowest BCUT2D eigenvalue weighted by molar-refractivity contribution is 0.0600. The third-order valence-electron chi connectivity index (χ3n) is 3.71. The van der Waals surface area contributed by atoms with Gasteiger partial charge in [0.25, 0.3) is 0 Å². The number of carbonyl (C=O) groups excluding carboxylic acids is 1. The molecule has 4 heteroatoms. The Labute approximate surface area is 114 Å². The number of rotatable bonds is 4. The van der Waals surface area contributed by atoms with Crippen molar-refractivity contribution in [2.75, 3.05) is 20.8 Å². The van der Waals surface area contributed by atoms with Crippen molar-refractivity contribution in [2.24, 2.45) is 0 Å². The van der Waals surface area contributed by atoms with Crippen LogP contribution in [0.25, 0.3) is 0 Å². The Balaban J connectivity index is 1.97. The van der Waals surface area contributed by atoms with Gasteiger partial charge in [0.2, 0.25) is 0 Å². The Morgan fingerprint density at radius 2 is 2.11 bits per heavy atom. The minimum atomic E-state index is -0.294. The molecule has 1 aliphatic rings. The van der Waals surface area contributed by atoms with E-state index < -0.39 is 0 Å². The summed E-state index contributed by atoms with van der Waals surface area (Å²) in [7, 11) is 3.51. The molecule has 2 unspecified atom stereocenters. The molecule has 2 atom stereocenters. The average molecular weight is 263 g/mol. The van der Waals surface area contributed by atoms with Gasteiger partial charge >= 0.3 is 5.97 Å². The normalized spacial score (nSPS) is 22.7. The monoisotopic (exact) mass is 263 g/mol. The van der Waals surface area contributed by atoms with Crippen LogP contribution in [0, 0.1) is 0 Å². The minimum absolute atomic E-state index is 0.291. The van der Waals surface area contributed by atoms with Gasteiger partial charge < -0.3 is 9.47 Å². The van der Waals surface area contributed by atoms with Gasteiger partial charge in [-0.25, -0.2) is 4.79 Å². The van der Waals surface area contributed by atoms with Gasteiger partial charge in [0.05, 0.1) is 18.8 Å². The molecule has 1 saturated heterocycles. The maximum Gasteiger partial charge on any atom is 0.337 e. The van der Waals surface area contributed by atoms with E-state index in [0.29, 0.717) is 17.7 Å². The van der Waals surface area contributed by atoms with Gasteiger partial charge in [0.1, 0.15) is 0 Å². The van der Waals surface area contributed by atoms with Gasteiger partial charge in [0.15, 0.2) is 0 Å². The van der Waals surface area contributed by atoms with Crippen molar-refractivity contribution >= 4 is 5.97 Å². The van der Waals surface area contributed by atoms with Gasteiger partial charge in [0, 0.05) is 19.2 Å². The zero-order valence-electron chi connectivity index (χ0n) is 11.8. The van der Waals surface area contributed by atoms with Gasteiger partial charge in [-0.2, -0.15) is 0 Å². The van der Waals surface area contributed by atoms with Crippen molar-refractivity contribution in [2.45, 2.75) is 32.0 Å². The molecular weight excluding hydrogens is 242 g/mol. The van der Waals surface area contributed by atoms with E-state index in [9.17, 15) is 4.79 Å². The quantitative estimate of drug-likeness (QED) is 0.780. The Hall–Kier alpha value is -1.39. The number of hydrogen-bond donors (Lipinski definition) is 0. The summed E-state index contributed by atoms with van der Waals surface area (Å²) in [6.45, 7) is 3.83. The first-order valence-electron chi connectivity index (χ1n) is 6.61. The first-order valence-corrected chi connectivity index (χ1v) is 6.61. The highest BCUT2D eigenvalue weighted by atomic mass is 16.5. The topological polar surface area (TPSA) is 38.8 Å². The Kier molecular flexibility index (Phi) is 4.56. The largest absolute Gasteiger partial charge is 0.465 e. The van der Waals surface area contributed by atoms with Gasteiger partial charge in [-0.1, -0.05) is 12.1 Å². The molecule has 0 bridgehead atoms. The van der Waals surface area contributed by atoms with Crippen LogP contribution in [-0.4, -0.2) is 43.8 Å². The Morgan fingerprint density at radius 1 is 1.42 bits per heavy atom. The number of ether oxygens (including phenoxy) is 2. The molecule has 0 radical (unpaired) electrons. The van der Waals surface area contributed by atoms with E-state index >= 15 is 0 Å². The van der Waals surface area contributed by atoms with Crippen LogP contribution in [0.1, 0.15) is 29.3 Å². The van der Waals surface area contributed by atoms with Crippen molar-refractivity contribution in [3.63, 3.8) is 0 Å². The van der Waals surface area contributed by atoms with Crippen molar-refractivity contribution in [3.8, 4) is 0 Å². The molecule has 1 aliphatic heterocycles. The zero-order chi connectivity index (χ0) is 13.8. The number of hydrogen-bond acceptors (Lipinski definition) is 4. The summed E-state index contributed by atoms with van der Waals surface area (Å²) >= 11 is 0. The third-order valence-corrected chi connectivity index (χ3v) is 3.71. The van der Waals surface area contributed by atoms with Crippen molar-refractivity contribution in [3.05, 3.63) is 35.4 Å². The molecule has 1 aromatic carbocycles. The summed E-state index contributed by atoms with van der Waals surface area (Å²) in [5.74, 6) is -0.294. The van der Waals surface area contributed by atoms with E-state index in [1.165, 1.54) is 12.7 Å². The number of nitrogens with zero attached hydrogens (tertiary/aromatic N) is 1. The summed E-state index contributed by atoms with van der Waals surface area (Å²) in [5, 5.41) is 0. The number of carbonyl (C=O) groups is 1.